The maximum atomic E-state index is 13.1. The Morgan fingerprint density at radius 1 is 1.17 bits per heavy atom. The van der Waals surface area contributed by atoms with Crippen LogP contribution in [-0.2, 0) is 10.0 Å². The Bertz CT molecular complexity index is 948. The Morgan fingerprint density at radius 3 is 2.66 bits per heavy atom. The third-order valence-corrected chi connectivity index (χ3v) is 7.25. The molecule has 1 atom stereocenters. The molecule has 1 aliphatic heterocycles. The maximum absolute atomic E-state index is 13.1. The number of anilines is 1. The van der Waals surface area contributed by atoms with E-state index < -0.39 is 10.0 Å². The summed E-state index contributed by atoms with van der Waals surface area (Å²) in [4.78, 5) is 12.4. The Labute approximate surface area is 177 Å². The van der Waals surface area contributed by atoms with E-state index in [0.29, 0.717) is 35.1 Å². The summed E-state index contributed by atoms with van der Waals surface area (Å²) >= 11 is 5.92. The quantitative estimate of drug-likeness (QED) is 0.705. The van der Waals surface area contributed by atoms with Crippen molar-refractivity contribution in [3.05, 3.63) is 59.1 Å². The Kier molecular flexibility index (Phi) is 7.16. The Morgan fingerprint density at radius 2 is 1.93 bits per heavy atom. The summed E-state index contributed by atoms with van der Waals surface area (Å²) in [5, 5.41) is 6.07. The number of urea groups is 1. The molecule has 2 aromatic carbocycles. The van der Waals surface area contributed by atoms with E-state index in [1.54, 1.807) is 40.7 Å². The zero-order valence-corrected chi connectivity index (χ0v) is 18.0. The van der Waals surface area contributed by atoms with Crippen LogP contribution >= 0.6 is 11.6 Å². The highest BCUT2D eigenvalue weighted by Gasteiger charge is 2.33. The normalized spacial score (nSPS) is 17.7. The minimum absolute atomic E-state index is 0.124. The number of benzene rings is 2. The molecule has 0 spiro atoms. The molecule has 3 rings (SSSR count). The van der Waals surface area contributed by atoms with Crippen molar-refractivity contribution in [3.8, 4) is 0 Å². The van der Waals surface area contributed by atoms with Crippen molar-refractivity contribution in [3.63, 3.8) is 0 Å². The summed E-state index contributed by atoms with van der Waals surface area (Å²) in [7, 11) is -3.54. The van der Waals surface area contributed by atoms with E-state index in [9.17, 15) is 13.2 Å². The number of amides is 2. The van der Waals surface area contributed by atoms with Crippen molar-refractivity contribution in [2.75, 3.05) is 18.4 Å². The topological polar surface area (TPSA) is 78.5 Å². The number of aryl methyl sites for hydroxylation is 1. The summed E-state index contributed by atoms with van der Waals surface area (Å²) in [6.45, 7) is 2.83. The van der Waals surface area contributed by atoms with Gasteiger partial charge in [-0.15, -0.1) is 0 Å². The molecule has 1 heterocycles. The SMILES string of the molecule is Cc1ccc(S(=O)(=O)N2CCCCC2CCNC(=O)Nc2cccc(Cl)c2)cc1. The summed E-state index contributed by atoms with van der Waals surface area (Å²) in [6, 6.07) is 13.4. The maximum Gasteiger partial charge on any atom is 0.319 e. The van der Waals surface area contributed by atoms with Crippen LogP contribution in [0.25, 0.3) is 0 Å². The molecule has 2 aromatic rings. The number of sulfonamides is 1. The van der Waals surface area contributed by atoms with Gasteiger partial charge in [0.15, 0.2) is 0 Å². The molecular weight excluding hydrogens is 410 g/mol. The van der Waals surface area contributed by atoms with Crippen LogP contribution in [0.2, 0.25) is 5.02 Å². The van der Waals surface area contributed by atoms with Crippen LogP contribution in [0.3, 0.4) is 0 Å². The molecule has 0 aliphatic carbocycles. The van der Waals surface area contributed by atoms with Crippen LogP contribution in [0, 0.1) is 6.92 Å². The zero-order chi connectivity index (χ0) is 20.9. The molecule has 1 fully saturated rings. The van der Waals surface area contributed by atoms with Gasteiger partial charge in [0, 0.05) is 29.8 Å². The van der Waals surface area contributed by atoms with E-state index in [1.807, 2.05) is 19.1 Å². The summed E-state index contributed by atoms with van der Waals surface area (Å²) < 4.78 is 27.8. The van der Waals surface area contributed by atoms with Gasteiger partial charge in [0.05, 0.1) is 4.90 Å². The molecule has 1 unspecified atom stereocenters. The second-order valence-corrected chi connectivity index (χ2v) is 9.59. The number of carbonyl (C=O) groups is 1. The van der Waals surface area contributed by atoms with Gasteiger partial charge >= 0.3 is 6.03 Å². The lowest BCUT2D eigenvalue weighted by Gasteiger charge is -2.34. The van der Waals surface area contributed by atoms with Gasteiger partial charge in [-0.1, -0.05) is 41.8 Å². The number of hydrogen-bond acceptors (Lipinski definition) is 3. The Balaban J connectivity index is 1.58. The van der Waals surface area contributed by atoms with E-state index in [2.05, 4.69) is 10.6 Å². The minimum atomic E-state index is -3.54. The van der Waals surface area contributed by atoms with Gasteiger partial charge < -0.3 is 10.6 Å². The van der Waals surface area contributed by atoms with Gasteiger partial charge in [-0.3, -0.25) is 0 Å². The molecule has 8 heteroatoms. The van der Waals surface area contributed by atoms with Gasteiger partial charge in [0.25, 0.3) is 0 Å². The van der Waals surface area contributed by atoms with Crippen LogP contribution in [-0.4, -0.2) is 37.9 Å². The molecule has 1 aliphatic rings. The molecule has 0 radical (unpaired) electrons. The predicted molar refractivity (Wildman–Crippen MR) is 116 cm³/mol. The largest absolute Gasteiger partial charge is 0.338 e. The van der Waals surface area contributed by atoms with E-state index in [-0.39, 0.29) is 12.1 Å². The highest BCUT2D eigenvalue weighted by atomic mass is 35.5. The standard InChI is InChI=1S/C21H26ClN3O3S/c1-16-8-10-20(11-9-16)29(27,28)25-14-3-2-7-19(25)12-13-23-21(26)24-18-6-4-5-17(22)15-18/h4-6,8-11,15,19H,2-3,7,12-14H2,1H3,(H2,23,24,26). The first-order chi connectivity index (χ1) is 13.9. The number of hydrogen-bond donors (Lipinski definition) is 2. The monoisotopic (exact) mass is 435 g/mol. The lowest BCUT2D eigenvalue weighted by atomic mass is 10.0. The molecule has 0 aromatic heterocycles. The van der Waals surface area contributed by atoms with Gasteiger partial charge in [0.1, 0.15) is 0 Å². The molecule has 6 nitrogen and oxygen atoms in total. The number of carbonyl (C=O) groups excluding carboxylic acids is 1. The molecule has 0 saturated carbocycles. The molecule has 1 saturated heterocycles. The average Bonchev–Trinajstić information content (AvgIpc) is 2.68. The predicted octanol–water partition coefficient (Wildman–Crippen LogP) is 4.40. The fraction of sp³-hybridized carbons (Fsp3) is 0.381. The van der Waals surface area contributed by atoms with Crippen molar-refractivity contribution in [1.82, 2.24) is 9.62 Å². The third-order valence-electron chi connectivity index (χ3n) is 5.05. The van der Waals surface area contributed by atoms with Crippen molar-refractivity contribution < 1.29 is 13.2 Å². The first-order valence-corrected chi connectivity index (χ1v) is 11.6. The number of nitrogens with one attached hydrogen (secondary N) is 2. The summed E-state index contributed by atoms with van der Waals surface area (Å²) in [6.07, 6.45) is 3.19. The molecule has 0 bridgehead atoms. The smallest absolute Gasteiger partial charge is 0.319 e. The van der Waals surface area contributed by atoms with Gasteiger partial charge in [-0.2, -0.15) is 4.31 Å². The fourth-order valence-electron chi connectivity index (χ4n) is 3.52. The van der Waals surface area contributed by atoms with Gasteiger partial charge in [-0.05, 0) is 56.5 Å². The molecule has 2 amide bonds. The van der Waals surface area contributed by atoms with Crippen LogP contribution in [0.1, 0.15) is 31.2 Å². The van der Waals surface area contributed by atoms with Gasteiger partial charge in [0.2, 0.25) is 10.0 Å². The Hall–Kier alpha value is -2.09. The fourth-order valence-corrected chi connectivity index (χ4v) is 5.43. The highest BCUT2D eigenvalue weighted by molar-refractivity contribution is 7.89. The summed E-state index contributed by atoms with van der Waals surface area (Å²) in [5.41, 5.74) is 1.63. The van der Waals surface area contributed by atoms with E-state index in [4.69, 9.17) is 11.6 Å². The lowest BCUT2D eigenvalue weighted by molar-refractivity contribution is 0.234. The molecule has 29 heavy (non-hydrogen) atoms. The lowest BCUT2D eigenvalue weighted by Crippen LogP contribution is -2.45. The van der Waals surface area contributed by atoms with E-state index in [1.165, 1.54) is 0 Å². The number of nitrogens with zero attached hydrogens (tertiary/aromatic N) is 1. The first-order valence-electron chi connectivity index (χ1n) is 9.75. The van der Waals surface area contributed by atoms with Crippen LogP contribution in [0.4, 0.5) is 10.5 Å². The van der Waals surface area contributed by atoms with Crippen molar-refractivity contribution in [2.24, 2.45) is 0 Å². The number of halogens is 1. The molecule has 2 N–H and O–H groups in total. The second-order valence-electron chi connectivity index (χ2n) is 7.26. The highest BCUT2D eigenvalue weighted by Crippen LogP contribution is 2.27. The molecule has 156 valence electrons. The third kappa shape index (κ3) is 5.72. The minimum Gasteiger partial charge on any atom is -0.338 e. The van der Waals surface area contributed by atoms with E-state index in [0.717, 1.165) is 24.8 Å². The van der Waals surface area contributed by atoms with Gasteiger partial charge in [-0.25, -0.2) is 13.2 Å². The van der Waals surface area contributed by atoms with E-state index >= 15 is 0 Å². The van der Waals surface area contributed by atoms with Crippen molar-refractivity contribution in [1.29, 1.82) is 0 Å². The second kappa shape index (κ2) is 9.61. The average molecular weight is 436 g/mol. The van der Waals surface area contributed by atoms with Crippen molar-refractivity contribution in [2.45, 2.75) is 43.5 Å². The number of rotatable bonds is 6. The zero-order valence-electron chi connectivity index (χ0n) is 16.4. The summed E-state index contributed by atoms with van der Waals surface area (Å²) in [5.74, 6) is 0. The molecular formula is C21H26ClN3O3S. The van der Waals surface area contributed by atoms with Crippen LogP contribution < -0.4 is 10.6 Å². The first kappa shape index (κ1) is 21.6. The van der Waals surface area contributed by atoms with Crippen LogP contribution in [0.15, 0.2) is 53.4 Å². The van der Waals surface area contributed by atoms with Crippen molar-refractivity contribution >= 4 is 33.3 Å². The van der Waals surface area contributed by atoms with Crippen LogP contribution in [0.5, 0.6) is 0 Å². The number of piperidine rings is 1.